The molecule has 1 aliphatic rings. The maximum atomic E-state index is 13.6. The number of carbonyl (C=O) groups is 1. The minimum atomic E-state index is -0.352. The quantitative estimate of drug-likeness (QED) is 0.441. The highest BCUT2D eigenvalue weighted by molar-refractivity contribution is 6.30. The molecule has 0 bridgehead atoms. The molecule has 2 aromatic heterocycles. The molecule has 0 aliphatic carbocycles. The average Bonchev–Trinajstić information content (AvgIpc) is 3.12. The van der Waals surface area contributed by atoms with Crippen molar-refractivity contribution in [1.82, 2.24) is 24.8 Å². The number of aromatic nitrogens is 3. The molecule has 3 aromatic rings. The molecule has 9 heteroatoms. The van der Waals surface area contributed by atoms with Gasteiger partial charge in [-0.15, -0.1) is 0 Å². The number of carbonyl (C=O) groups excluding carboxylic acids is 1. The first-order valence-electron chi connectivity index (χ1n) is 13.1. The van der Waals surface area contributed by atoms with E-state index in [4.69, 9.17) is 16.3 Å². The molecule has 0 spiro atoms. The number of nitrogens with zero attached hydrogens (tertiary/aromatic N) is 4. The number of hydrogen-bond donors (Lipinski definition) is 1. The van der Waals surface area contributed by atoms with Gasteiger partial charge in [0.25, 0.3) is 5.56 Å². The van der Waals surface area contributed by atoms with Gasteiger partial charge in [0, 0.05) is 29.1 Å². The van der Waals surface area contributed by atoms with Gasteiger partial charge in [0.05, 0.1) is 18.2 Å². The Kier molecular flexibility index (Phi) is 9.16. The molecule has 8 nitrogen and oxygen atoms in total. The zero-order valence-corrected chi connectivity index (χ0v) is 22.6. The summed E-state index contributed by atoms with van der Waals surface area (Å²) in [5.41, 5.74) is 0.577. The van der Waals surface area contributed by atoms with Crippen LogP contribution in [0.4, 0.5) is 0 Å². The number of fused-ring (bicyclic) bond motifs is 1. The van der Waals surface area contributed by atoms with Crippen molar-refractivity contribution in [1.29, 1.82) is 0 Å². The summed E-state index contributed by atoms with van der Waals surface area (Å²) in [4.78, 5) is 37.8. The summed E-state index contributed by atoms with van der Waals surface area (Å²) in [6, 6.07) is 8.67. The Bertz CT molecular complexity index is 1280. The number of benzene rings is 1. The first kappa shape index (κ1) is 27.1. The smallest absolute Gasteiger partial charge is 0.263 e. The van der Waals surface area contributed by atoms with Gasteiger partial charge in [-0.25, -0.2) is 9.97 Å². The van der Waals surface area contributed by atoms with Gasteiger partial charge in [0.2, 0.25) is 5.91 Å². The molecule has 198 valence electrons. The molecule has 1 aromatic carbocycles. The van der Waals surface area contributed by atoms with Crippen LogP contribution in [-0.2, 0) is 11.3 Å². The molecule has 1 amide bonds. The Hall–Kier alpha value is -2.97. The van der Waals surface area contributed by atoms with E-state index in [1.54, 1.807) is 36.5 Å². The SMILES string of the molecule is CC(C)NC(=O)Cn1c(-c2cccc(Cl)c2)nc2ncc(OC[C@@H](C)CN3CCCCCC3)cc2c1=O. The molecular weight excluding hydrogens is 490 g/mol. The lowest BCUT2D eigenvalue weighted by atomic mass is 10.2. The van der Waals surface area contributed by atoms with E-state index < -0.39 is 0 Å². The van der Waals surface area contributed by atoms with Crippen molar-refractivity contribution in [2.75, 3.05) is 26.2 Å². The molecule has 1 fully saturated rings. The molecule has 4 rings (SSSR count). The van der Waals surface area contributed by atoms with Crippen LogP contribution >= 0.6 is 11.6 Å². The first-order valence-corrected chi connectivity index (χ1v) is 13.5. The van der Waals surface area contributed by atoms with Gasteiger partial charge in [-0.1, -0.05) is 43.5 Å². The Balaban J connectivity index is 1.60. The maximum Gasteiger partial charge on any atom is 0.263 e. The van der Waals surface area contributed by atoms with Crippen LogP contribution in [0.1, 0.15) is 46.5 Å². The van der Waals surface area contributed by atoms with Crippen LogP contribution in [0.5, 0.6) is 5.75 Å². The molecule has 1 atom stereocenters. The zero-order valence-electron chi connectivity index (χ0n) is 21.9. The van der Waals surface area contributed by atoms with Gasteiger partial charge in [-0.05, 0) is 58.0 Å². The van der Waals surface area contributed by atoms with Crippen LogP contribution < -0.4 is 15.6 Å². The first-order chi connectivity index (χ1) is 17.8. The van der Waals surface area contributed by atoms with Crippen molar-refractivity contribution in [3.05, 3.63) is 51.9 Å². The lowest BCUT2D eigenvalue weighted by Crippen LogP contribution is -2.37. The van der Waals surface area contributed by atoms with Gasteiger partial charge in [-0.3, -0.25) is 14.2 Å². The van der Waals surface area contributed by atoms with E-state index in [0.717, 1.165) is 19.6 Å². The summed E-state index contributed by atoms with van der Waals surface area (Å²) in [6.45, 7) is 9.57. The fourth-order valence-electron chi connectivity index (χ4n) is 4.72. The minimum absolute atomic E-state index is 0.0517. The highest BCUT2D eigenvalue weighted by Crippen LogP contribution is 2.23. The predicted molar refractivity (Wildman–Crippen MR) is 147 cm³/mol. The third-order valence-electron chi connectivity index (χ3n) is 6.42. The molecular formula is C28H36ClN5O3. The maximum absolute atomic E-state index is 13.6. The average molecular weight is 526 g/mol. The van der Waals surface area contributed by atoms with Crippen LogP contribution in [0.25, 0.3) is 22.4 Å². The zero-order chi connectivity index (χ0) is 26.4. The van der Waals surface area contributed by atoms with Crippen molar-refractivity contribution in [3.8, 4) is 17.1 Å². The Labute approximate surface area is 223 Å². The van der Waals surface area contributed by atoms with Crippen LogP contribution in [0.3, 0.4) is 0 Å². The Morgan fingerprint density at radius 2 is 1.89 bits per heavy atom. The second-order valence-corrected chi connectivity index (χ2v) is 10.7. The summed E-state index contributed by atoms with van der Waals surface area (Å²) in [6.07, 6.45) is 6.74. The van der Waals surface area contributed by atoms with Gasteiger partial charge in [-0.2, -0.15) is 0 Å². The largest absolute Gasteiger partial charge is 0.492 e. The number of hydrogen-bond acceptors (Lipinski definition) is 6. The lowest BCUT2D eigenvalue weighted by Gasteiger charge is -2.24. The number of halogens is 1. The minimum Gasteiger partial charge on any atom is -0.492 e. The summed E-state index contributed by atoms with van der Waals surface area (Å²) in [7, 11) is 0. The van der Waals surface area contributed by atoms with Crippen LogP contribution in [-0.4, -0.2) is 57.6 Å². The number of rotatable bonds is 9. The highest BCUT2D eigenvalue weighted by atomic mass is 35.5. The Morgan fingerprint density at radius 3 is 2.59 bits per heavy atom. The number of likely N-dealkylation sites (tertiary alicyclic amines) is 1. The predicted octanol–water partition coefficient (Wildman–Crippen LogP) is 4.53. The van der Waals surface area contributed by atoms with Gasteiger partial charge in [0.15, 0.2) is 5.65 Å². The topological polar surface area (TPSA) is 89.3 Å². The normalized spacial score (nSPS) is 15.5. The number of amides is 1. The van der Waals surface area contributed by atoms with Gasteiger partial charge < -0.3 is 15.0 Å². The molecule has 1 N–H and O–H groups in total. The van der Waals surface area contributed by atoms with Crippen molar-refractivity contribution in [2.45, 2.75) is 59.0 Å². The van der Waals surface area contributed by atoms with Crippen molar-refractivity contribution >= 4 is 28.5 Å². The second kappa shape index (κ2) is 12.5. The van der Waals surface area contributed by atoms with Crippen molar-refractivity contribution < 1.29 is 9.53 Å². The summed E-state index contributed by atoms with van der Waals surface area (Å²) >= 11 is 6.20. The molecule has 0 unspecified atom stereocenters. The van der Waals surface area contributed by atoms with E-state index >= 15 is 0 Å². The third-order valence-corrected chi connectivity index (χ3v) is 6.66. The standard InChI is InChI=1S/C28H36ClN5O3/c1-19(2)31-25(35)17-34-27(21-9-8-10-22(29)13-21)32-26-24(28(34)36)14-23(15-30-26)37-18-20(3)16-33-11-6-4-5-7-12-33/h8-10,13-15,19-20H,4-7,11-12,16-18H2,1-3H3,(H,31,35)/t20-/m0/s1. The van der Waals surface area contributed by atoms with Crippen molar-refractivity contribution in [2.24, 2.45) is 5.92 Å². The van der Waals surface area contributed by atoms with E-state index in [-0.39, 0.29) is 24.1 Å². The lowest BCUT2D eigenvalue weighted by molar-refractivity contribution is -0.122. The molecule has 37 heavy (non-hydrogen) atoms. The molecule has 3 heterocycles. The van der Waals surface area contributed by atoms with Crippen molar-refractivity contribution in [3.63, 3.8) is 0 Å². The molecule has 0 radical (unpaired) electrons. The molecule has 0 saturated carbocycles. The van der Waals surface area contributed by atoms with E-state index in [2.05, 4.69) is 27.1 Å². The number of nitrogens with one attached hydrogen (secondary N) is 1. The highest BCUT2D eigenvalue weighted by Gasteiger charge is 2.18. The summed E-state index contributed by atoms with van der Waals surface area (Å²) in [5.74, 6) is 0.923. The monoisotopic (exact) mass is 525 g/mol. The van der Waals surface area contributed by atoms with E-state index in [0.29, 0.717) is 45.7 Å². The van der Waals surface area contributed by atoms with Crippen LogP contribution in [0.15, 0.2) is 41.3 Å². The Morgan fingerprint density at radius 1 is 1.14 bits per heavy atom. The second-order valence-electron chi connectivity index (χ2n) is 10.2. The van der Waals surface area contributed by atoms with E-state index in [1.165, 1.54) is 30.3 Å². The van der Waals surface area contributed by atoms with Crippen LogP contribution in [0.2, 0.25) is 5.02 Å². The van der Waals surface area contributed by atoms with E-state index in [1.807, 2.05) is 13.8 Å². The number of ether oxygens (including phenoxy) is 1. The fraction of sp³-hybridized carbons (Fsp3) is 0.500. The van der Waals surface area contributed by atoms with E-state index in [9.17, 15) is 9.59 Å². The molecule has 1 aliphatic heterocycles. The third kappa shape index (κ3) is 7.29. The van der Waals surface area contributed by atoms with Crippen LogP contribution in [0, 0.1) is 5.92 Å². The van der Waals surface area contributed by atoms with Gasteiger partial charge in [0.1, 0.15) is 18.1 Å². The molecule has 1 saturated heterocycles. The fourth-order valence-corrected chi connectivity index (χ4v) is 4.91. The summed E-state index contributed by atoms with van der Waals surface area (Å²) in [5, 5.41) is 3.66. The number of pyridine rings is 1. The van der Waals surface area contributed by atoms with Gasteiger partial charge >= 0.3 is 0 Å². The summed E-state index contributed by atoms with van der Waals surface area (Å²) < 4.78 is 7.42.